The van der Waals surface area contributed by atoms with Gasteiger partial charge in [-0.05, 0) is 18.1 Å². The van der Waals surface area contributed by atoms with E-state index in [9.17, 15) is 4.79 Å². The van der Waals surface area contributed by atoms with Crippen LogP contribution < -0.4 is 10.6 Å². The molecule has 0 aliphatic carbocycles. The van der Waals surface area contributed by atoms with Crippen LogP contribution in [0.4, 0.5) is 5.82 Å². The third-order valence-corrected chi connectivity index (χ3v) is 4.30. The van der Waals surface area contributed by atoms with Gasteiger partial charge in [0, 0.05) is 31.8 Å². The molecule has 0 unspecified atom stereocenters. The van der Waals surface area contributed by atoms with Crippen LogP contribution in [0.25, 0.3) is 11.4 Å². The van der Waals surface area contributed by atoms with Crippen molar-refractivity contribution in [3.05, 3.63) is 77.5 Å². The second-order valence-corrected chi connectivity index (χ2v) is 6.36. The molecule has 144 valence electrons. The minimum absolute atomic E-state index is 0.254. The maximum Gasteiger partial charge on any atom is 0.270 e. The van der Waals surface area contributed by atoms with E-state index in [0.29, 0.717) is 37.0 Å². The Kier molecular flexibility index (Phi) is 6.70. The monoisotopic (exact) mass is 376 g/mol. The van der Waals surface area contributed by atoms with Gasteiger partial charge in [0.2, 0.25) is 0 Å². The number of carbonyl (C=O) groups excluding carboxylic acids is 1. The fraction of sp³-hybridized carbons (Fsp3) is 0.227. The second-order valence-electron chi connectivity index (χ2n) is 6.36. The molecule has 0 aliphatic rings. The number of anilines is 1. The van der Waals surface area contributed by atoms with E-state index in [4.69, 9.17) is 4.74 Å². The van der Waals surface area contributed by atoms with Gasteiger partial charge in [-0.2, -0.15) is 0 Å². The number of rotatable bonds is 8. The van der Waals surface area contributed by atoms with Gasteiger partial charge in [0.05, 0.1) is 6.61 Å². The predicted molar refractivity (Wildman–Crippen MR) is 110 cm³/mol. The van der Waals surface area contributed by atoms with Crippen molar-refractivity contribution in [2.24, 2.45) is 0 Å². The van der Waals surface area contributed by atoms with E-state index in [-0.39, 0.29) is 5.91 Å². The molecule has 0 spiro atoms. The van der Waals surface area contributed by atoms with Crippen LogP contribution in [0.3, 0.4) is 0 Å². The molecular weight excluding hydrogens is 352 g/mol. The molecule has 1 amide bonds. The molecule has 0 saturated heterocycles. The second kappa shape index (κ2) is 9.62. The first-order valence-corrected chi connectivity index (χ1v) is 9.17. The number of carbonyl (C=O) groups is 1. The summed E-state index contributed by atoms with van der Waals surface area (Å²) in [6, 6.07) is 19.5. The molecule has 0 bridgehead atoms. The zero-order valence-electron chi connectivity index (χ0n) is 16.1. The van der Waals surface area contributed by atoms with Crippen LogP contribution in [0.2, 0.25) is 0 Å². The summed E-state index contributed by atoms with van der Waals surface area (Å²) in [6.45, 7) is 3.55. The van der Waals surface area contributed by atoms with Crippen molar-refractivity contribution in [3.63, 3.8) is 0 Å². The lowest BCUT2D eigenvalue weighted by atomic mass is 10.1. The topological polar surface area (TPSA) is 76.1 Å². The Balaban J connectivity index is 1.86. The number of aryl methyl sites for hydroxylation is 1. The van der Waals surface area contributed by atoms with Crippen LogP contribution in [0, 0.1) is 6.92 Å². The highest BCUT2D eigenvalue weighted by Crippen LogP contribution is 2.19. The van der Waals surface area contributed by atoms with Gasteiger partial charge in [0.1, 0.15) is 11.5 Å². The third kappa shape index (κ3) is 5.14. The Bertz CT molecular complexity index is 929. The lowest BCUT2D eigenvalue weighted by Gasteiger charge is -2.12. The van der Waals surface area contributed by atoms with Gasteiger partial charge < -0.3 is 15.4 Å². The van der Waals surface area contributed by atoms with Crippen molar-refractivity contribution in [1.29, 1.82) is 0 Å². The summed E-state index contributed by atoms with van der Waals surface area (Å²) in [5.41, 5.74) is 3.54. The van der Waals surface area contributed by atoms with Crippen molar-refractivity contribution in [3.8, 4) is 11.4 Å². The van der Waals surface area contributed by atoms with Crippen LogP contribution >= 0.6 is 0 Å². The van der Waals surface area contributed by atoms with Crippen molar-refractivity contribution in [1.82, 2.24) is 15.3 Å². The van der Waals surface area contributed by atoms with Gasteiger partial charge in [-0.1, -0.05) is 54.6 Å². The summed E-state index contributed by atoms with van der Waals surface area (Å²) < 4.78 is 4.98. The van der Waals surface area contributed by atoms with Gasteiger partial charge in [0.15, 0.2) is 5.82 Å². The number of nitrogens with one attached hydrogen (secondary N) is 2. The highest BCUT2D eigenvalue weighted by Gasteiger charge is 2.13. The molecule has 2 N–H and O–H groups in total. The average Bonchev–Trinajstić information content (AvgIpc) is 2.73. The van der Waals surface area contributed by atoms with E-state index in [2.05, 4.69) is 39.7 Å². The van der Waals surface area contributed by atoms with E-state index >= 15 is 0 Å². The molecule has 0 saturated carbocycles. The SMILES string of the molecule is COCCNC(=O)c1cc(NCc2ccccc2C)nc(-c2ccccc2)n1. The number of methoxy groups -OCH3 is 1. The first kappa shape index (κ1) is 19.5. The van der Waals surface area contributed by atoms with Gasteiger partial charge >= 0.3 is 0 Å². The summed E-state index contributed by atoms with van der Waals surface area (Å²) in [5, 5.41) is 6.13. The highest BCUT2D eigenvalue weighted by atomic mass is 16.5. The summed E-state index contributed by atoms with van der Waals surface area (Å²) in [7, 11) is 1.60. The van der Waals surface area contributed by atoms with Crippen LogP contribution in [-0.2, 0) is 11.3 Å². The molecule has 6 nitrogen and oxygen atoms in total. The molecule has 0 atom stereocenters. The molecule has 3 rings (SSSR count). The van der Waals surface area contributed by atoms with Crippen LogP contribution in [-0.4, -0.2) is 36.1 Å². The van der Waals surface area contributed by atoms with Crippen molar-refractivity contribution in [2.75, 3.05) is 25.6 Å². The van der Waals surface area contributed by atoms with Crippen molar-refractivity contribution >= 4 is 11.7 Å². The summed E-state index contributed by atoms with van der Waals surface area (Å²) in [6.07, 6.45) is 0. The first-order valence-electron chi connectivity index (χ1n) is 9.17. The summed E-state index contributed by atoms with van der Waals surface area (Å²) >= 11 is 0. The molecule has 2 aromatic carbocycles. The third-order valence-electron chi connectivity index (χ3n) is 4.30. The van der Waals surface area contributed by atoms with Crippen molar-refractivity contribution < 1.29 is 9.53 Å². The fourth-order valence-electron chi connectivity index (χ4n) is 2.72. The molecule has 6 heteroatoms. The standard InChI is InChI=1S/C22H24N4O2/c1-16-8-6-7-11-18(16)15-24-20-14-19(22(27)23-12-13-28-2)25-21(26-20)17-9-4-3-5-10-17/h3-11,14H,12-13,15H2,1-2H3,(H,23,27)(H,24,25,26). The number of ether oxygens (including phenoxy) is 1. The van der Waals surface area contributed by atoms with E-state index in [1.165, 1.54) is 11.1 Å². The molecule has 0 radical (unpaired) electrons. The largest absolute Gasteiger partial charge is 0.383 e. The van der Waals surface area contributed by atoms with E-state index in [0.717, 1.165) is 5.56 Å². The minimum atomic E-state index is -0.254. The Morgan fingerprint density at radius 3 is 2.54 bits per heavy atom. The van der Waals surface area contributed by atoms with Crippen LogP contribution in [0.5, 0.6) is 0 Å². The van der Waals surface area contributed by atoms with Gasteiger partial charge in [-0.15, -0.1) is 0 Å². The Hall–Kier alpha value is -3.25. The van der Waals surface area contributed by atoms with E-state index in [1.54, 1.807) is 13.2 Å². The fourth-order valence-corrected chi connectivity index (χ4v) is 2.72. The molecule has 1 aromatic heterocycles. The van der Waals surface area contributed by atoms with Gasteiger partial charge in [0.25, 0.3) is 5.91 Å². The average molecular weight is 376 g/mol. The van der Waals surface area contributed by atoms with E-state index in [1.807, 2.05) is 42.5 Å². The number of hydrogen-bond acceptors (Lipinski definition) is 5. The number of hydrogen-bond donors (Lipinski definition) is 2. The van der Waals surface area contributed by atoms with Crippen LogP contribution in [0.15, 0.2) is 60.7 Å². The Labute approximate surface area is 165 Å². The predicted octanol–water partition coefficient (Wildman–Crippen LogP) is 3.44. The zero-order valence-corrected chi connectivity index (χ0v) is 16.1. The number of amides is 1. The van der Waals surface area contributed by atoms with Gasteiger partial charge in [-0.3, -0.25) is 4.79 Å². The lowest BCUT2D eigenvalue weighted by molar-refractivity contribution is 0.0932. The maximum absolute atomic E-state index is 12.5. The molecule has 0 aliphatic heterocycles. The zero-order chi connectivity index (χ0) is 19.8. The van der Waals surface area contributed by atoms with Crippen molar-refractivity contribution in [2.45, 2.75) is 13.5 Å². The van der Waals surface area contributed by atoms with Gasteiger partial charge in [-0.25, -0.2) is 9.97 Å². The number of benzene rings is 2. The lowest BCUT2D eigenvalue weighted by Crippen LogP contribution is -2.28. The maximum atomic E-state index is 12.5. The summed E-state index contributed by atoms with van der Waals surface area (Å²) in [4.78, 5) is 21.6. The molecule has 3 aromatic rings. The minimum Gasteiger partial charge on any atom is -0.383 e. The molecule has 28 heavy (non-hydrogen) atoms. The molecule has 1 heterocycles. The Morgan fingerprint density at radius 1 is 1.04 bits per heavy atom. The normalized spacial score (nSPS) is 10.5. The number of nitrogens with zero attached hydrogens (tertiary/aromatic N) is 2. The smallest absolute Gasteiger partial charge is 0.270 e. The van der Waals surface area contributed by atoms with E-state index < -0.39 is 0 Å². The molecular formula is C22H24N4O2. The first-order chi connectivity index (χ1) is 13.7. The highest BCUT2D eigenvalue weighted by molar-refractivity contribution is 5.93. The van der Waals surface area contributed by atoms with Crippen LogP contribution in [0.1, 0.15) is 21.6 Å². The summed E-state index contributed by atoms with van der Waals surface area (Å²) in [5.74, 6) is 0.858. The molecule has 0 fully saturated rings. The quantitative estimate of drug-likeness (QED) is 0.589. The Morgan fingerprint density at radius 2 is 1.79 bits per heavy atom. The number of aromatic nitrogens is 2.